The predicted octanol–water partition coefficient (Wildman–Crippen LogP) is -2.29. The van der Waals surface area contributed by atoms with Crippen molar-refractivity contribution in [2.24, 2.45) is 22.9 Å². The van der Waals surface area contributed by atoms with Crippen LogP contribution in [0.25, 0.3) is 0 Å². The lowest BCUT2D eigenvalue weighted by Crippen LogP contribution is -2.69. The molecule has 3 aromatic carbocycles. The molecular weight excluding hydrogens is 809 g/mol. The summed E-state index contributed by atoms with van der Waals surface area (Å²) in [6.45, 7) is -0.699. The molecule has 3 aromatic rings. The summed E-state index contributed by atoms with van der Waals surface area (Å²) < 4.78 is 35.8. The molecule has 21 heteroatoms. The number of aliphatic hydroxyl groups is 5. The number of aromatic hydroxyl groups is 2. The highest BCUT2D eigenvalue weighted by Crippen LogP contribution is 2.57. The molecule has 324 valence electrons. The van der Waals surface area contributed by atoms with E-state index in [-0.39, 0.29) is 53.1 Å². The number of benzene rings is 3. The number of esters is 1. The van der Waals surface area contributed by atoms with Crippen molar-refractivity contribution in [3.05, 3.63) is 76.9 Å². The molecule has 4 aliphatic heterocycles. The number of rotatable bonds is 8. The van der Waals surface area contributed by atoms with E-state index in [0.29, 0.717) is 22.4 Å². The normalized spacial score (nSPS) is 35.4. The first-order valence-corrected chi connectivity index (χ1v) is 19.8. The third-order valence-electron chi connectivity index (χ3n) is 11.7. The number of anilines is 1. The highest BCUT2D eigenvalue weighted by atomic mass is 32.1. The summed E-state index contributed by atoms with van der Waals surface area (Å²) in [5.41, 5.74) is 25.0. The topological polar surface area (TPSA) is 342 Å². The fourth-order valence-electron chi connectivity index (χ4n) is 8.67. The van der Waals surface area contributed by atoms with Gasteiger partial charge in [-0.25, -0.2) is 4.79 Å². The number of hydrogen-bond donors (Lipinski definition) is 13. The Balaban J connectivity index is 0.983. The fraction of sp³-hybridized carbons (Fsp3) is 0.487. The lowest BCUT2D eigenvalue weighted by atomic mass is 9.77. The Kier molecular flexibility index (Phi) is 11.7. The van der Waals surface area contributed by atoms with Gasteiger partial charge in [-0.05, 0) is 61.5 Å². The molecule has 0 radical (unpaired) electrons. The summed E-state index contributed by atoms with van der Waals surface area (Å²) in [5, 5.41) is 80.7. The van der Waals surface area contributed by atoms with Crippen LogP contribution in [0.3, 0.4) is 0 Å². The van der Waals surface area contributed by atoms with Gasteiger partial charge in [0.05, 0.1) is 36.5 Å². The summed E-state index contributed by atoms with van der Waals surface area (Å²) in [7, 11) is 0. The number of phenols is 2. The molecule has 0 bridgehead atoms. The molecule has 5 aliphatic rings. The second-order valence-corrected chi connectivity index (χ2v) is 16.0. The summed E-state index contributed by atoms with van der Waals surface area (Å²) >= 11 is 5.58. The summed E-state index contributed by atoms with van der Waals surface area (Å²) in [5.74, 6) is -0.413. The van der Waals surface area contributed by atoms with E-state index in [4.69, 9.17) is 63.6 Å². The van der Waals surface area contributed by atoms with Crippen LogP contribution in [0.4, 0.5) is 5.69 Å². The average molecular weight is 857 g/mol. The van der Waals surface area contributed by atoms with Crippen LogP contribution in [0.1, 0.15) is 39.9 Å². The van der Waals surface area contributed by atoms with Gasteiger partial charge in [0, 0.05) is 53.1 Å². The Morgan fingerprint density at radius 3 is 2.00 bits per heavy atom. The van der Waals surface area contributed by atoms with Crippen LogP contribution in [0.5, 0.6) is 23.0 Å². The third-order valence-corrected chi connectivity index (χ3v) is 11.9. The zero-order valence-electron chi connectivity index (χ0n) is 31.8. The minimum absolute atomic E-state index is 0.00308. The largest absolute Gasteiger partial charge is 0.508 e. The van der Waals surface area contributed by atoms with E-state index in [1.807, 2.05) is 0 Å². The van der Waals surface area contributed by atoms with Gasteiger partial charge in [-0.1, -0.05) is 6.07 Å². The van der Waals surface area contributed by atoms with Crippen LogP contribution in [-0.2, 0) is 29.3 Å². The van der Waals surface area contributed by atoms with E-state index in [0.717, 1.165) is 0 Å². The third kappa shape index (κ3) is 7.43. The Hall–Kier alpha value is -4.30. The maximum Gasteiger partial charge on any atom is 0.340 e. The van der Waals surface area contributed by atoms with Crippen molar-refractivity contribution in [3.8, 4) is 23.0 Å². The van der Waals surface area contributed by atoms with Gasteiger partial charge >= 0.3 is 5.97 Å². The van der Waals surface area contributed by atoms with E-state index in [1.54, 1.807) is 24.3 Å². The smallest absolute Gasteiger partial charge is 0.340 e. The van der Waals surface area contributed by atoms with Crippen molar-refractivity contribution in [1.82, 2.24) is 5.32 Å². The Morgan fingerprint density at radius 1 is 0.783 bits per heavy atom. The molecular formula is C39H48N6O14S. The van der Waals surface area contributed by atoms with Crippen molar-refractivity contribution in [3.63, 3.8) is 0 Å². The van der Waals surface area contributed by atoms with Gasteiger partial charge < -0.3 is 97.7 Å². The number of phenolic OH excluding ortho intramolecular Hbond substituents is 2. The molecule has 20 nitrogen and oxygen atoms in total. The maximum atomic E-state index is 13.6. The van der Waals surface area contributed by atoms with Gasteiger partial charge in [0.25, 0.3) is 0 Å². The lowest BCUT2D eigenvalue weighted by molar-refractivity contribution is -0.316. The van der Waals surface area contributed by atoms with Crippen LogP contribution in [0.2, 0.25) is 0 Å². The van der Waals surface area contributed by atoms with Gasteiger partial charge in [-0.3, -0.25) is 0 Å². The number of thiocarbonyl (C=S) groups is 1. The number of nitrogens with one attached hydrogen (secondary N) is 2. The first-order chi connectivity index (χ1) is 28.6. The minimum atomic E-state index is -1.67. The Labute approximate surface area is 347 Å². The zero-order chi connectivity index (χ0) is 42.8. The molecule has 1 saturated carbocycles. The van der Waals surface area contributed by atoms with Gasteiger partial charge in [0.15, 0.2) is 23.3 Å². The van der Waals surface area contributed by atoms with E-state index in [2.05, 4.69) is 10.6 Å². The number of hydrogen-bond acceptors (Lipinski definition) is 19. The van der Waals surface area contributed by atoms with E-state index in [1.165, 1.54) is 30.3 Å². The van der Waals surface area contributed by atoms with Gasteiger partial charge in [0.2, 0.25) is 0 Å². The van der Waals surface area contributed by atoms with Crippen molar-refractivity contribution in [2.75, 3.05) is 18.5 Å². The summed E-state index contributed by atoms with van der Waals surface area (Å²) in [6.07, 6.45) is -12.4. The highest BCUT2D eigenvalue weighted by Gasteiger charge is 2.54. The van der Waals surface area contributed by atoms with Crippen LogP contribution < -0.4 is 38.3 Å². The fourth-order valence-corrected chi connectivity index (χ4v) is 8.93. The van der Waals surface area contributed by atoms with Gasteiger partial charge in [-0.15, -0.1) is 0 Å². The van der Waals surface area contributed by atoms with Gasteiger partial charge in [-0.2, -0.15) is 0 Å². The van der Waals surface area contributed by atoms with Crippen LogP contribution in [0.15, 0.2) is 54.6 Å². The molecule has 0 aromatic heterocycles. The number of nitrogens with two attached hydrogens (primary N) is 4. The Bertz CT molecular complexity index is 2070. The molecule has 1 aliphatic carbocycles. The number of aliphatic hydroxyl groups excluding tert-OH is 5. The first-order valence-electron chi connectivity index (χ1n) is 19.4. The number of carbonyl (C=O) groups excluding carboxylic acids is 1. The van der Waals surface area contributed by atoms with Crippen molar-refractivity contribution < 1.29 is 69.0 Å². The number of carbonyl (C=O) groups is 1. The van der Waals surface area contributed by atoms with E-state index < -0.39 is 104 Å². The Morgan fingerprint density at radius 2 is 1.38 bits per heavy atom. The molecule has 8 rings (SSSR count). The van der Waals surface area contributed by atoms with Crippen LogP contribution in [0, 0.1) is 0 Å². The molecule has 3 fully saturated rings. The molecule has 1 spiro atoms. The zero-order valence-corrected chi connectivity index (χ0v) is 32.6. The quantitative estimate of drug-likeness (QED) is 0.0838. The standard InChI is InChI=1S/C39H48N6O14S/c40-12-27-24(49)11-23(43)36(55-27)57-33-21(41)10-22(42)34(32(33)52)58-37-31(51)29(30(50)28(13-46)56-37)45-38(60)44-14-1-4-18-17(7-14)35(53)59-39(18)19-5-2-15(47)8-25(19)54-26-9-16(48)3-6-20(26)39/h1-9,21-24,27-34,36-37,46-52H,10-13,40-43H2,(H2,44,45,60). The lowest BCUT2D eigenvalue weighted by Gasteiger charge is -2.48. The average Bonchev–Trinajstić information content (AvgIpc) is 3.48. The van der Waals surface area contributed by atoms with Crippen molar-refractivity contribution >= 4 is 29.0 Å². The number of ether oxygens (including phenoxy) is 6. The SMILES string of the molecule is NCC1OC(OC2C(N)CC(N)C(OC3OC(CO)C(O)C(NC(=S)Nc4ccc5c(c4)C(=O)OC54c5ccc(O)cc5Oc5cc(O)ccc54)C3O)C2O)C(N)CC1O. The number of fused-ring (bicyclic) bond motifs is 6. The van der Waals surface area contributed by atoms with Crippen LogP contribution in [-0.4, -0.2) is 146 Å². The van der Waals surface area contributed by atoms with Gasteiger partial charge in [0.1, 0.15) is 59.6 Å². The molecule has 60 heavy (non-hydrogen) atoms. The second-order valence-electron chi connectivity index (χ2n) is 15.6. The summed E-state index contributed by atoms with van der Waals surface area (Å²) in [6, 6.07) is 9.86. The molecule has 4 heterocycles. The van der Waals surface area contributed by atoms with Crippen molar-refractivity contribution in [2.45, 2.75) is 104 Å². The summed E-state index contributed by atoms with van der Waals surface area (Å²) in [4.78, 5) is 13.6. The highest BCUT2D eigenvalue weighted by molar-refractivity contribution is 7.80. The maximum absolute atomic E-state index is 13.6. The minimum Gasteiger partial charge on any atom is -0.508 e. The molecule has 14 unspecified atom stereocenters. The monoisotopic (exact) mass is 856 g/mol. The molecule has 2 saturated heterocycles. The predicted molar refractivity (Wildman–Crippen MR) is 212 cm³/mol. The molecule has 14 atom stereocenters. The molecule has 17 N–H and O–H groups in total. The van der Waals surface area contributed by atoms with Crippen LogP contribution >= 0.6 is 12.2 Å². The van der Waals surface area contributed by atoms with E-state index >= 15 is 0 Å². The van der Waals surface area contributed by atoms with Crippen molar-refractivity contribution in [1.29, 1.82) is 0 Å². The second kappa shape index (κ2) is 16.5. The van der Waals surface area contributed by atoms with E-state index in [9.17, 15) is 40.5 Å². The molecule has 0 amide bonds. The first kappa shape index (κ1) is 42.4.